The minimum Gasteiger partial charge on any atom is -0.493 e. The quantitative estimate of drug-likeness (QED) is 0.556. The number of ether oxygens (including phenoxy) is 3. The molecule has 0 saturated carbocycles. The predicted molar refractivity (Wildman–Crippen MR) is 123 cm³/mol. The number of hydrogen-bond acceptors (Lipinski definition) is 9. The number of methoxy groups -OCH3 is 1. The third-order valence-electron chi connectivity index (χ3n) is 5.56. The van der Waals surface area contributed by atoms with Crippen molar-refractivity contribution >= 4 is 22.4 Å². The van der Waals surface area contributed by atoms with Gasteiger partial charge in [-0.3, -0.25) is 4.90 Å². The molecule has 1 aliphatic heterocycles. The van der Waals surface area contributed by atoms with Crippen molar-refractivity contribution in [2.45, 2.75) is 26.8 Å². The van der Waals surface area contributed by atoms with E-state index in [0.29, 0.717) is 61.7 Å². The highest BCUT2D eigenvalue weighted by Gasteiger charge is 2.33. The van der Waals surface area contributed by atoms with Crippen LogP contribution in [0.2, 0.25) is 0 Å². The average molecular weight is 476 g/mol. The van der Waals surface area contributed by atoms with Crippen molar-refractivity contribution in [1.29, 1.82) is 0 Å². The number of amides is 1. The number of aromatic hydroxyl groups is 1. The van der Waals surface area contributed by atoms with Crippen molar-refractivity contribution in [2.75, 3.05) is 46.5 Å². The van der Waals surface area contributed by atoms with E-state index in [9.17, 15) is 9.90 Å². The molecule has 1 fully saturated rings. The number of nitrogens with zero attached hydrogens (tertiary/aromatic N) is 5. The number of rotatable bonds is 7. The van der Waals surface area contributed by atoms with Crippen molar-refractivity contribution in [2.24, 2.45) is 0 Å². The van der Waals surface area contributed by atoms with Crippen LogP contribution in [0.3, 0.4) is 0 Å². The van der Waals surface area contributed by atoms with Crippen LogP contribution in [0.5, 0.6) is 17.4 Å². The molecule has 2 aromatic heterocycles. The monoisotopic (exact) mass is 475 g/mol. The molecule has 11 heteroatoms. The second-order valence-corrected chi connectivity index (χ2v) is 8.62. The van der Waals surface area contributed by atoms with Crippen LogP contribution >= 0.6 is 11.3 Å². The van der Waals surface area contributed by atoms with E-state index < -0.39 is 0 Å². The molecular formula is C22H29N5O5S. The first-order valence-corrected chi connectivity index (χ1v) is 11.8. The first kappa shape index (κ1) is 23.1. The normalized spacial score (nSPS) is 15.6. The SMILES string of the molecule is CCOC(=O)N1CCN([C@H](c2ccc(OCC)c(OC)c2)c2sc3nc(C)nn3c2O)CC1. The maximum atomic E-state index is 12.2. The number of benzene rings is 1. The molecule has 0 radical (unpaired) electrons. The second kappa shape index (κ2) is 9.84. The molecule has 0 unspecified atom stereocenters. The Morgan fingerprint density at radius 3 is 2.58 bits per heavy atom. The third kappa shape index (κ3) is 4.55. The summed E-state index contributed by atoms with van der Waals surface area (Å²) in [5, 5.41) is 15.4. The van der Waals surface area contributed by atoms with Crippen LogP contribution in [0, 0.1) is 6.92 Å². The van der Waals surface area contributed by atoms with E-state index >= 15 is 0 Å². The predicted octanol–water partition coefficient (Wildman–Crippen LogP) is 3.08. The van der Waals surface area contributed by atoms with Gasteiger partial charge in [0.2, 0.25) is 10.8 Å². The smallest absolute Gasteiger partial charge is 0.409 e. The zero-order valence-electron chi connectivity index (χ0n) is 19.3. The van der Waals surface area contributed by atoms with Crippen molar-refractivity contribution in [3.05, 3.63) is 34.5 Å². The minimum absolute atomic E-state index is 0.0706. The standard InChI is InChI=1S/C22H29N5O5S/c1-5-31-16-8-7-15(13-17(16)30-4)18(19-20(28)27-21(33-19)23-14(3)24-27)25-9-11-26(12-10-25)22(29)32-6-2/h7-8,13,18,28H,5-6,9-12H2,1-4H3/t18-/m1/s1. The van der Waals surface area contributed by atoms with Gasteiger partial charge in [0.15, 0.2) is 11.5 Å². The zero-order valence-corrected chi connectivity index (χ0v) is 20.1. The van der Waals surface area contributed by atoms with Gasteiger partial charge in [-0.2, -0.15) is 4.52 Å². The lowest BCUT2D eigenvalue weighted by atomic mass is 10.0. The Kier molecular flexibility index (Phi) is 6.89. The van der Waals surface area contributed by atoms with Crippen LogP contribution in [0.1, 0.15) is 36.2 Å². The summed E-state index contributed by atoms with van der Waals surface area (Å²) in [5.74, 6) is 1.96. The first-order chi connectivity index (χ1) is 16.0. The number of aromatic nitrogens is 3. The Bertz CT molecular complexity index is 1120. The summed E-state index contributed by atoms with van der Waals surface area (Å²) in [4.78, 5) is 21.9. The fourth-order valence-corrected chi connectivity index (χ4v) is 5.22. The minimum atomic E-state index is -0.298. The fourth-order valence-electron chi connectivity index (χ4n) is 4.06. The largest absolute Gasteiger partial charge is 0.493 e. The fraction of sp³-hybridized carbons (Fsp3) is 0.500. The van der Waals surface area contributed by atoms with E-state index in [1.807, 2.05) is 25.1 Å². The Hall–Kier alpha value is -3.05. The summed E-state index contributed by atoms with van der Waals surface area (Å²) in [5.41, 5.74) is 0.941. The Labute approximate surface area is 196 Å². The number of fused-ring (bicyclic) bond motifs is 1. The summed E-state index contributed by atoms with van der Waals surface area (Å²) in [7, 11) is 1.61. The van der Waals surface area contributed by atoms with Gasteiger partial charge in [0.1, 0.15) is 5.82 Å². The molecule has 1 aliphatic rings. The van der Waals surface area contributed by atoms with Gasteiger partial charge in [-0.05, 0) is 38.5 Å². The molecule has 33 heavy (non-hydrogen) atoms. The number of thiazole rings is 1. The summed E-state index contributed by atoms with van der Waals surface area (Å²) in [6.45, 7) is 8.70. The molecule has 4 rings (SSSR count). The number of piperazine rings is 1. The Balaban J connectivity index is 1.71. The van der Waals surface area contributed by atoms with E-state index in [1.165, 1.54) is 15.9 Å². The molecule has 1 atom stereocenters. The maximum Gasteiger partial charge on any atom is 0.409 e. The summed E-state index contributed by atoms with van der Waals surface area (Å²) in [6.07, 6.45) is -0.298. The topological polar surface area (TPSA) is 102 Å². The summed E-state index contributed by atoms with van der Waals surface area (Å²) >= 11 is 1.40. The average Bonchev–Trinajstić information content (AvgIpc) is 3.32. The van der Waals surface area contributed by atoms with Crippen LogP contribution < -0.4 is 9.47 Å². The highest BCUT2D eigenvalue weighted by Crippen LogP contribution is 2.42. The molecule has 1 amide bonds. The molecule has 0 spiro atoms. The molecule has 0 bridgehead atoms. The lowest BCUT2D eigenvalue weighted by molar-refractivity contribution is 0.0715. The van der Waals surface area contributed by atoms with Gasteiger partial charge in [0.05, 0.1) is 31.2 Å². The molecule has 1 N–H and O–H groups in total. The van der Waals surface area contributed by atoms with Crippen molar-refractivity contribution in [3.8, 4) is 17.4 Å². The van der Waals surface area contributed by atoms with Crippen molar-refractivity contribution in [3.63, 3.8) is 0 Å². The molecule has 10 nitrogen and oxygen atoms in total. The second-order valence-electron chi connectivity index (χ2n) is 7.61. The van der Waals surface area contributed by atoms with E-state index in [2.05, 4.69) is 15.0 Å². The Morgan fingerprint density at radius 2 is 1.94 bits per heavy atom. The van der Waals surface area contributed by atoms with Crippen molar-refractivity contribution in [1.82, 2.24) is 24.4 Å². The molecule has 3 heterocycles. The van der Waals surface area contributed by atoms with Gasteiger partial charge in [-0.1, -0.05) is 17.4 Å². The summed E-state index contributed by atoms with van der Waals surface area (Å²) < 4.78 is 17.9. The Morgan fingerprint density at radius 1 is 1.18 bits per heavy atom. The zero-order chi connectivity index (χ0) is 23.5. The number of hydrogen-bond donors (Lipinski definition) is 1. The van der Waals surface area contributed by atoms with Gasteiger partial charge in [0, 0.05) is 26.2 Å². The van der Waals surface area contributed by atoms with Crippen LogP contribution in [-0.4, -0.2) is 82.1 Å². The van der Waals surface area contributed by atoms with E-state index in [4.69, 9.17) is 14.2 Å². The van der Waals surface area contributed by atoms with Gasteiger partial charge in [-0.15, -0.1) is 5.10 Å². The lowest BCUT2D eigenvalue weighted by Gasteiger charge is -2.38. The number of carbonyl (C=O) groups is 1. The highest BCUT2D eigenvalue weighted by atomic mass is 32.1. The maximum absolute atomic E-state index is 12.2. The molecule has 3 aromatic rings. The van der Waals surface area contributed by atoms with Crippen LogP contribution in [-0.2, 0) is 4.74 Å². The van der Waals surface area contributed by atoms with Gasteiger partial charge in [0.25, 0.3) is 0 Å². The first-order valence-electron chi connectivity index (χ1n) is 11.0. The van der Waals surface area contributed by atoms with E-state index in [1.54, 1.807) is 25.9 Å². The number of carbonyl (C=O) groups excluding carboxylic acids is 1. The van der Waals surface area contributed by atoms with Crippen LogP contribution in [0.15, 0.2) is 18.2 Å². The molecule has 1 saturated heterocycles. The summed E-state index contributed by atoms with van der Waals surface area (Å²) in [6, 6.07) is 5.54. The molecular weight excluding hydrogens is 446 g/mol. The van der Waals surface area contributed by atoms with E-state index in [-0.39, 0.29) is 18.0 Å². The molecule has 178 valence electrons. The van der Waals surface area contributed by atoms with Crippen LogP contribution in [0.25, 0.3) is 4.96 Å². The highest BCUT2D eigenvalue weighted by molar-refractivity contribution is 7.17. The third-order valence-corrected chi connectivity index (χ3v) is 6.64. The van der Waals surface area contributed by atoms with Gasteiger partial charge < -0.3 is 24.2 Å². The molecule has 1 aromatic carbocycles. The number of aryl methyl sites for hydroxylation is 1. The van der Waals surface area contributed by atoms with E-state index in [0.717, 1.165) is 10.4 Å². The van der Waals surface area contributed by atoms with Crippen molar-refractivity contribution < 1.29 is 24.1 Å². The molecule has 0 aliphatic carbocycles. The van der Waals surface area contributed by atoms with Crippen LogP contribution in [0.4, 0.5) is 4.79 Å². The van der Waals surface area contributed by atoms with Gasteiger partial charge in [-0.25, -0.2) is 9.78 Å². The van der Waals surface area contributed by atoms with Gasteiger partial charge >= 0.3 is 6.09 Å². The lowest BCUT2D eigenvalue weighted by Crippen LogP contribution is -2.49.